The summed E-state index contributed by atoms with van der Waals surface area (Å²) in [6.07, 6.45) is 0.313. The van der Waals surface area contributed by atoms with Crippen molar-refractivity contribution < 1.29 is 9.59 Å². The highest BCUT2D eigenvalue weighted by atomic mass is 35.5. The first kappa shape index (κ1) is 14.9. The van der Waals surface area contributed by atoms with Crippen LogP contribution in [0.4, 0.5) is 5.69 Å². The third kappa shape index (κ3) is 2.37. The van der Waals surface area contributed by atoms with Crippen LogP contribution in [0.15, 0.2) is 48.5 Å². The molecule has 4 rings (SSSR count). The van der Waals surface area contributed by atoms with Gasteiger partial charge in [0.05, 0.1) is 21.7 Å². The van der Waals surface area contributed by atoms with Gasteiger partial charge in [0.2, 0.25) is 5.91 Å². The van der Waals surface area contributed by atoms with Crippen LogP contribution in [0, 0.1) is 0 Å². The van der Waals surface area contributed by atoms with Crippen molar-refractivity contribution in [2.24, 2.45) is 0 Å². The molecule has 3 aromatic rings. The van der Waals surface area contributed by atoms with E-state index in [1.54, 1.807) is 24.3 Å². The number of rotatable bonds is 2. The molecule has 0 saturated carbocycles. The summed E-state index contributed by atoms with van der Waals surface area (Å²) in [4.78, 5) is 29.6. The van der Waals surface area contributed by atoms with Crippen molar-refractivity contribution in [3.8, 4) is 0 Å². The molecule has 0 bridgehead atoms. The van der Waals surface area contributed by atoms with Gasteiger partial charge in [0.1, 0.15) is 5.82 Å². The number of benzene rings is 2. The molecule has 120 valence electrons. The van der Waals surface area contributed by atoms with Gasteiger partial charge in [0.15, 0.2) is 11.7 Å². The Morgan fingerprint density at radius 3 is 2.75 bits per heavy atom. The SMILES string of the molecule is O=C1CCn2c(nc3ccccc32)C1C(=O)Nc1ccccc1Cl. The van der Waals surface area contributed by atoms with Gasteiger partial charge >= 0.3 is 0 Å². The average molecular weight is 340 g/mol. The van der Waals surface area contributed by atoms with E-state index in [4.69, 9.17) is 11.6 Å². The van der Waals surface area contributed by atoms with E-state index in [-0.39, 0.29) is 5.78 Å². The van der Waals surface area contributed by atoms with Crippen molar-refractivity contribution in [2.75, 3.05) is 5.32 Å². The highest BCUT2D eigenvalue weighted by molar-refractivity contribution is 6.34. The number of halogens is 1. The van der Waals surface area contributed by atoms with Gasteiger partial charge in [-0.05, 0) is 24.3 Å². The number of aromatic nitrogens is 2. The Kier molecular flexibility index (Phi) is 3.58. The molecular weight excluding hydrogens is 326 g/mol. The van der Waals surface area contributed by atoms with Crippen LogP contribution >= 0.6 is 11.6 Å². The first-order chi connectivity index (χ1) is 11.6. The summed E-state index contributed by atoms with van der Waals surface area (Å²) in [6, 6.07) is 14.6. The van der Waals surface area contributed by atoms with Gasteiger partial charge in [-0.15, -0.1) is 0 Å². The molecule has 0 aliphatic carbocycles. The lowest BCUT2D eigenvalue weighted by Crippen LogP contribution is -2.34. The third-order valence-electron chi connectivity index (χ3n) is 4.24. The minimum Gasteiger partial charge on any atom is -0.326 e. The van der Waals surface area contributed by atoms with E-state index in [0.29, 0.717) is 29.5 Å². The number of hydrogen-bond donors (Lipinski definition) is 1. The first-order valence-electron chi connectivity index (χ1n) is 7.68. The molecule has 0 fully saturated rings. The van der Waals surface area contributed by atoms with Gasteiger partial charge in [-0.2, -0.15) is 0 Å². The zero-order valence-corrected chi connectivity index (χ0v) is 13.5. The summed E-state index contributed by atoms with van der Waals surface area (Å²) >= 11 is 6.09. The molecular formula is C18H14ClN3O2. The number of nitrogens with zero attached hydrogens (tertiary/aromatic N) is 2. The molecule has 1 N–H and O–H groups in total. The van der Waals surface area contributed by atoms with Crippen molar-refractivity contribution in [1.82, 2.24) is 9.55 Å². The highest BCUT2D eigenvalue weighted by Gasteiger charge is 2.36. The predicted octanol–water partition coefficient (Wildman–Crippen LogP) is 3.38. The zero-order valence-electron chi connectivity index (χ0n) is 12.7. The van der Waals surface area contributed by atoms with Crippen LogP contribution in [0.5, 0.6) is 0 Å². The summed E-state index contributed by atoms with van der Waals surface area (Å²) in [6.45, 7) is 0.546. The van der Waals surface area contributed by atoms with Crippen molar-refractivity contribution >= 4 is 40.0 Å². The lowest BCUT2D eigenvalue weighted by Gasteiger charge is -2.22. The molecule has 1 atom stereocenters. The molecule has 0 saturated heterocycles. The second kappa shape index (κ2) is 5.76. The van der Waals surface area contributed by atoms with Gasteiger partial charge in [0.25, 0.3) is 0 Å². The smallest absolute Gasteiger partial charge is 0.242 e. The summed E-state index contributed by atoms with van der Waals surface area (Å²) in [5.74, 6) is -0.939. The number of carbonyl (C=O) groups is 2. The van der Waals surface area contributed by atoms with Gasteiger partial charge < -0.3 is 9.88 Å². The van der Waals surface area contributed by atoms with Crippen molar-refractivity contribution in [3.63, 3.8) is 0 Å². The molecule has 0 radical (unpaired) electrons. The van der Waals surface area contributed by atoms with Crippen LogP contribution in [0.2, 0.25) is 5.02 Å². The van der Waals surface area contributed by atoms with Crippen LogP contribution in [-0.4, -0.2) is 21.2 Å². The van der Waals surface area contributed by atoms with Crippen LogP contribution in [0.1, 0.15) is 18.2 Å². The predicted molar refractivity (Wildman–Crippen MR) is 92.2 cm³/mol. The lowest BCUT2D eigenvalue weighted by atomic mass is 9.96. The minimum absolute atomic E-state index is 0.123. The average Bonchev–Trinajstić information content (AvgIpc) is 2.95. The van der Waals surface area contributed by atoms with E-state index in [9.17, 15) is 9.59 Å². The van der Waals surface area contributed by atoms with Crippen molar-refractivity contribution in [2.45, 2.75) is 18.9 Å². The summed E-state index contributed by atoms with van der Waals surface area (Å²) < 4.78 is 1.95. The molecule has 5 nitrogen and oxygen atoms in total. The summed E-state index contributed by atoms with van der Waals surface area (Å²) in [5.41, 5.74) is 2.22. The number of amides is 1. The number of Topliss-reactive ketones (excluding diaryl/α,β-unsaturated/α-hetero) is 1. The fourth-order valence-corrected chi connectivity index (χ4v) is 3.27. The van der Waals surface area contributed by atoms with Crippen molar-refractivity contribution in [1.29, 1.82) is 0 Å². The summed E-state index contributed by atoms with van der Waals surface area (Å²) in [7, 11) is 0. The molecule has 24 heavy (non-hydrogen) atoms. The fraction of sp³-hybridized carbons (Fsp3) is 0.167. The third-order valence-corrected chi connectivity index (χ3v) is 4.57. The van der Waals surface area contributed by atoms with Crippen molar-refractivity contribution in [3.05, 3.63) is 59.4 Å². The second-order valence-electron chi connectivity index (χ2n) is 5.73. The number of ketones is 1. The number of carbonyl (C=O) groups excluding carboxylic acids is 2. The normalized spacial score (nSPS) is 16.9. The number of fused-ring (bicyclic) bond motifs is 3. The molecule has 2 heterocycles. The zero-order chi connectivity index (χ0) is 16.7. The van der Waals surface area contributed by atoms with Crippen LogP contribution in [0.3, 0.4) is 0 Å². The van der Waals surface area contributed by atoms with Gasteiger partial charge in [-0.25, -0.2) is 4.98 Å². The molecule has 6 heteroatoms. The maximum absolute atomic E-state index is 12.7. The van der Waals surface area contributed by atoms with Gasteiger partial charge in [0, 0.05) is 13.0 Å². The molecule has 2 aromatic carbocycles. The monoisotopic (exact) mass is 339 g/mol. The number of para-hydroxylation sites is 3. The van der Waals surface area contributed by atoms with Crippen LogP contribution in [0.25, 0.3) is 11.0 Å². The quantitative estimate of drug-likeness (QED) is 0.728. The first-order valence-corrected chi connectivity index (χ1v) is 8.06. The largest absolute Gasteiger partial charge is 0.326 e. The Hall–Kier alpha value is -2.66. The number of nitrogens with one attached hydrogen (secondary N) is 1. The van der Waals surface area contributed by atoms with E-state index in [0.717, 1.165) is 11.0 Å². The van der Waals surface area contributed by atoms with Crippen LogP contribution < -0.4 is 5.32 Å². The number of aryl methyl sites for hydroxylation is 1. The highest BCUT2D eigenvalue weighted by Crippen LogP contribution is 2.30. The molecule has 1 aromatic heterocycles. The van der Waals surface area contributed by atoms with Gasteiger partial charge in [-0.1, -0.05) is 35.9 Å². The number of anilines is 1. The van der Waals surface area contributed by atoms with Crippen LogP contribution in [-0.2, 0) is 16.1 Å². The van der Waals surface area contributed by atoms with E-state index < -0.39 is 11.8 Å². The Morgan fingerprint density at radius 2 is 1.92 bits per heavy atom. The fourth-order valence-electron chi connectivity index (χ4n) is 3.09. The van der Waals surface area contributed by atoms with E-state index in [2.05, 4.69) is 10.3 Å². The van der Waals surface area contributed by atoms with E-state index in [1.165, 1.54) is 0 Å². The molecule has 1 aliphatic rings. The molecule has 0 spiro atoms. The van der Waals surface area contributed by atoms with E-state index in [1.807, 2.05) is 28.8 Å². The Bertz CT molecular complexity index is 964. The Balaban J connectivity index is 1.74. The number of imidazole rings is 1. The standard InChI is InChI=1S/C18H14ClN3O2/c19-11-5-1-2-6-12(11)21-18(24)16-15(23)9-10-22-14-8-4-3-7-13(14)20-17(16)22/h1-8,16H,9-10H2,(H,21,24). The molecule has 1 amide bonds. The maximum atomic E-state index is 12.7. The second-order valence-corrected chi connectivity index (χ2v) is 6.14. The van der Waals surface area contributed by atoms with Gasteiger partial charge in [-0.3, -0.25) is 9.59 Å². The minimum atomic E-state index is -0.914. The van der Waals surface area contributed by atoms with E-state index >= 15 is 0 Å². The maximum Gasteiger partial charge on any atom is 0.242 e. The topological polar surface area (TPSA) is 64.0 Å². The lowest BCUT2D eigenvalue weighted by molar-refractivity contribution is -0.128. The summed E-state index contributed by atoms with van der Waals surface area (Å²) in [5, 5.41) is 3.18. The Morgan fingerprint density at radius 1 is 1.17 bits per heavy atom. The molecule has 1 aliphatic heterocycles. The Labute approximate surface area is 143 Å². The number of hydrogen-bond acceptors (Lipinski definition) is 3. The molecule has 1 unspecified atom stereocenters.